The van der Waals surface area contributed by atoms with E-state index in [-0.39, 0.29) is 0 Å². The summed E-state index contributed by atoms with van der Waals surface area (Å²) in [6.45, 7) is 2.16. The highest BCUT2D eigenvalue weighted by Gasteiger charge is 2.12. The first kappa shape index (κ1) is 12.9. The normalized spacial score (nSPS) is 17.2. The lowest BCUT2D eigenvalue weighted by Gasteiger charge is -2.21. The molecular formula is C15H22ClN. The average Bonchev–Trinajstić information content (AvgIpc) is 2.41. The fraction of sp³-hybridized carbons (Fsp3) is 0.600. The van der Waals surface area contributed by atoms with Gasteiger partial charge in [0, 0.05) is 12.4 Å². The van der Waals surface area contributed by atoms with Crippen LogP contribution in [0.3, 0.4) is 0 Å². The van der Waals surface area contributed by atoms with Crippen LogP contribution in [0.2, 0.25) is 0 Å². The van der Waals surface area contributed by atoms with Crippen LogP contribution in [0.5, 0.6) is 0 Å². The van der Waals surface area contributed by atoms with Gasteiger partial charge in [-0.15, -0.1) is 11.6 Å². The average molecular weight is 252 g/mol. The van der Waals surface area contributed by atoms with Gasteiger partial charge in [0.05, 0.1) is 0 Å². The summed E-state index contributed by atoms with van der Waals surface area (Å²) in [5.74, 6) is 1.52. The van der Waals surface area contributed by atoms with Gasteiger partial charge in [-0.2, -0.15) is 0 Å². The first-order chi connectivity index (χ1) is 8.38. The molecule has 2 heteroatoms. The maximum Gasteiger partial charge on any atom is 0.0474 e. The maximum atomic E-state index is 5.77. The van der Waals surface area contributed by atoms with E-state index in [2.05, 4.69) is 29.6 Å². The van der Waals surface area contributed by atoms with E-state index in [1.165, 1.54) is 49.8 Å². The summed E-state index contributed by atoms with van der Waals surface area (Å²) in [6.07, 6.45) is 7.13. The second-order valence-electron chi connectivity index (χ2n) is 5.09. The molecule has 17 heavy (non-hydrogen) atoms. The third-order valence-corrected chi connectivity index (χ3v) is 3.97. The van der Waals surface area contributed by atoms with E-state index < -0.39 is 0 Å². The molecule has 0 aliphatic heterocycles. The second-order valence-corrected chi connectivity index (χ2v) is 5.35. The highest BCUT2D eigenvalue weighted by Crippen LogP contribution is 2.22. The Bertz CT molecular complexity index is 314. The lowest BCUT2D eigenvalue weighted by atomic mass is 9.89. The van der Waals surface area contributed by atoms with Crippen LogP contribution < -0.4 is 5.32 Å². The highest BCUT2D eigenvalue weighted by atomic mass is 35.5. The molecule has 1 aliphatic carbocycles. The van der Waals surface area contributed by atoms with E-state index in [1.807, 2.05) is 0 Å². The molecule has 1 fully saturated rings. The van der Waals surface area contributed by atoms with Crippen LogP contribution >= 0.6 is 11.6 Å². The summed E-state index contributed by atoms with van der Waals surface area (Å²) in [4.78, 5) is 0. The van der Waals surface area contributed by atoms with Crippen LogP contribution in [-0.4, -0.2) is 6.54 Å². The molecule has 1 aliphatic rings. The van der Waals surface area contributed by atoms with Crippen LogP contribution in [0.25, 0.3) is 0 Å². The molecule has 1 saturated carbocycles. The third kappa shape index (κ3) is 4.33. The predicted molar refractivity (Wildman–Crippen MR) is 74.3 cm³/mol. The Morgan fingerprint density at radius 1 is 1.00 bits per heavy atom. The van der Waals surface area contributed by atoms with E-state index in [4.69, 9.17) is 11.6 Å². The highest BCUT2D eigenvalue weighted by molar-refractivity contribution is 6.17. The molecule has 0 heterocycles. The van der Waals surface area contributed by atoms with Crippen molar-refractivity contribution in [2.45, 2.75) is 44.5 Å². The number of halogens is 1. The molecule has 0 spiro atoms. The van der Waals surface area contributed by atoms with Crippen LogP contribution in [0.15, 0.2) is 24.3 Å². The van der Waals surface area contributed by atoms with Crippen LogP contribution in [0.1, 0.15) is 43.2 Å². The number of nitrogens with one attached hydrogen (secondary N) is 1. The van der Waals surface area contributed by atoms with Gasteiger partial charge in [-0.05, 0) is 36.4 Å². The van der Waals surface area contributed by atoms with Gasteiger partial charge in [-0.3, -0.25) is 0 Å². The SMILES string of the molecule is ClCc1ccc(CNCC2CCCCC2)cc1. The van der Waals surface area contributed by atoms with Gasteiger partial charge in [-0.1, -0.05) is 43.5 Å². The minimum absolute atomic E-state index is 0.607. The summed E-state index contributed by atoms with van der Waals surface area (Å²) >= 11 is 5.77. The fourth-order valence-electron chi connectivity index (χ4n) is 2.56. The third-order valence-electron chi connectivity index (χ3n) is 3.66. The number of alkyl halides is 1. The van der Waals surface area contributed by atoms with Crippen molar-refractivity contribution in [1.29, 1.82) is 0 Å². The molecule has 0 bridgehead atoms. The molecule has 0 amide bonds. The molecule has 0 unspecified atom stereocenters. The molecule has 0 saturated heterocycles. The fourth-order valence-corrected chi connectivity index (χ4v) is 2.74. The first-order valence-electron chi connectivity index (χ1n) is 6.73. The summed E-state index contributed by atoms with van der Waals surface area (Å²) in [6, 6.07) is 8.58. The second kappa shape index (κ2) is 7.03. The van der Waals surface area contributed by atoms with Crippen LogP contribution in [-0.2, 0) is 12.4 Å². The molecule has 1 nitrogen and oxygen atoms in total. The monoisotopic (exact) mass is 251 g/mol. The van der Waals surface area contributed by atoms with Gasteiger partial charge in [0.1, 0.15) is 0 Å². The molecule has 94 valence electrons. The summed E-state index contributed by atoms with van der Waals surface area (Å²) < 4.78 is 0. The Labute approximate surface area is 110 Å². The zero-order valence-corrected chi connectivity index (χ0v) is 11.2. The molecule has 0 radical (unpaired) electrons. The minimum atomic E-state index is 0.607. The molecular weight excluding hydrogens is 230 g/mol. The summed E-state index contributed by atoms with van der Waals surface area (Å²) in [7, 11) is 0. The Balaban J connectivity index is 1.69. The van der Waals surface area contributed by atoms with Gasteiger partial charge in [-0.25, -0.2) is 0 Å². The Morgan fingerprint density at radius 2 is 1.65 bits per heavy atom. The molecule has 1 N–H and O–H groups in total. The smallest absolute Gasteiger partial charge is 0.0474 e. The molecule has 1 aromatic carbocycles. The van der Waals surface area contributed by atoms with E-state index in [0.29, 0.717) is 5.88 Å². The van der Waals surface area contributed by atoms with Gasteiger partial charge < -0.3 is 5.32 Å². The number of hydrogen-bond donors (Lipinski definition) is 1. The molecule has 1 aromatic rings. The quantitative estimate of drug-likeness (QED) is 0.777. The lowest BCUT2D eigenvalue weighted by molar-refractivity contribution is 0.342. The van der Waals surface area contributed by atoms with Crippen molar-refractivity contribution in [2.24, 2.45) is 5.92 Å². The van der Waals surface area contributed by atoms with E-state index in [1.54, 1.807) is 0 Å². The van der Waals surface area contributed by atoms with Gasteiger partial charge >= 0.3 is 0 Å². The van der Waals surface area contributed by atoms with E-state index in [0.717, 1.165) is 12.5 Å². The predicted octanol–water partition coefficient (Wildman–Crippen LogP) is 4.10. The van der Waals surface area contributed by atoms with Gasteiger partial charge in [0.15, 0.2) is 0 Å². The Kier molecular flexibility index (Phi) is 5.34. The van der Waals surface area contributed by atoms with E-state index >= 15 is 0 Å². The number of benzene rings is 1. The van der Waals surface area contributed by atoms with Crippen molar-refractivity contribution < 1.29 is 0 Å². The van der Waals surface area contributed by atoms with Crippen molar-refractivity contribution in [3.05, 3.63) is 35.4 Å². The molecule has 0 atom stereocenters. The van der Waals surface area contributed by atoms with Crippen molar-refractivity contribution >= 4 is 11.6 Å². The molecule has 0 aromatic heterocycles. The maximum absolute atomic E-state index is 5.77. The van der Waals surface area contributed by atoms with Crippen LogP contribution in [0, 0.1) is 5.92 Å². The number of rotatable bonds is 5. The molecule has 2 rings (SSSR count). The van der Waals surface area contributed by atoms with Crippen molar-refractivity contribution in [3.63, 3.8) is 0 Å². The standard InChI is InChI=1S/C15H22ClN/c16-10-13-6-8-15(9-7-13)12-17-11-14-4-2-1-3-5-14/h6-9,14,17H,1-5,10-12H2. The largest absolute Gasteiger partial charge is 0.312 e. The number of hydrogen-bond acceptors (Lipinski definition) is 1. The van der Waals surface area contributed by atoms with Gasteiger partial charge in [0.25, 0.3) is 0 Å². The van der Waals surface area contributed by atoms with Crippen molar-refractivity contribution in [1.82, 2.24) is 5.32 Å². The Hall–Kier alpha value is -0.530. The van der Waals surface area contributed by atoms with E-state index in [9.17, 15) is 0 Å². The topological polar surface area (TPSA) is 12.0 Å². The minimum Gasteiger partial charge on any atom is -0.312 e. The zero-order valence-electron chi connectivity index (χ0n) is 10.4. The van der Waals surface area contributed by atoms with Crippen molar-refractivity contribution in [2.75, 3.05) is 6.54 Å². The van der Waals surface area contributed by atoms with Crippen molar-refractivity contribution in [3.8, 4) is 0 Å². The van der Waals surface area contributed by atoms with Gasteiger partial charge in [0.2, 0.25) is 0 Å². The first-order valence-corrected chi connectivity index (χ1v) is 7.26. The summed E-state index contributed by atoms with van der Waals surface area (Å²) in [5, 5.41) is 3.58. The Morgan fingerprint density at radius 3 is 2.29 bits per heavy atom. The zero-order chi connectivity index (χ0) is 11.9. The summed E-state index contributed by atoms with van der Waals surface area (Å²) in [5.41, 5.74) is 2.55. The lowest BCUT2D eigenvalue weighted by Crippen LogP contribution is -2.24. The van der Waals surface area contributed by atoms with Crippen LogP contribution in [0.4, 0.5) is 0 Å².